The van der Waals surface area contributed by atoms with Crippen LogP contribution in [0.15, 0.2) is 48.8 Å². The smallest absolute Gasteiger partial charge is 0.254 e. The van der Waals surface area contributed by atoms with Crippen molar-refractivity contribution in [2.45, 2.75) is 13.0 Å². The standard InChI is InChI=1S/C15H17N3O/c1-11(12-6-8-17-9-7-12)18(2)15(19)13-4-3-5-14(16)10-13/h3-11H,16H2,1-2H3. The van der Waals surface area contributed by atoms with Gasteiger partial charge in [0.05, 0.1) is 6.04 Å². The Labute approximate surface area is 112 Å². The fraction of sp³-hybridized carbons (Fsp3) is 0.200. The lowest BCUT2D eigenvalue weighted by molar-refractivity contribution is 0.0742. The molecule has 1 aromatic heterocycles. The first-order chi connectivity index (χ1) is 9.09. The predicted octanol–water partition coefficient (Wildman–Crippen LogP) is 2.50. The third kappa shape index (κ3) is 2.91. The summed E-state index contributed by atoms with van der Waals surface area (Å²) in [6.07, 6.45) is 3.45. The number of amides is 1. The van der Waals surface area contributed by atoms with Crippen LogP contribution in [0, 0.1) is 0 Å². The minimum absolute atomic E-state index is 0.0167. The Morgan fingerprint density at radius 2 is 1.95 bits per heavy atom. The van der Waals surface area contributed by atoms with E-state index in [2.05, 4.69) is 4.98 Å². The molecule has 19 heavy (non-hydrogen) atoms. The summed E-state index contributed by atoms with van der Waals surface area (Å²) in [6.45, 7) is 1.99. The summed E-state index contributed by atoms with van der Waals surface area (Å²) in [5.41, 5.74) is 7.95. The van der Waals surface area contributed by atoms with Gasteiger partial charge in [-0.2, -0.15) is 0 Å². The number of carbonyl (C=O) groups is 1. The van der Waals surface area contributed by atoms with E-state index in [1.165, 1.54) is 0 Å². The Kier molecular flexibility index (Phi) is 3.80. The number of benzene rings is 1. The number of aromatic nitrogens is 1. The van der Waals surface area contributed by atoms with E-state index in [1.807, 2.05) is 19.1 Å². The van der Waals surface area contributed by atoms with Crippen molar-refractivity contribution in [2.24, 2.45) is 0 Å². The maximum Gasteiger partial charge on any atom is 0.254 e. The van der Waals surface area contributed by atoms with Crippen LogP contribution in [0.4, 0.5) is 5.69 Å². The van der Waals surface area contributed by atoms with E-state index in [-0.39, 0.29) is 11.9 Å². The Balaban J connectivity index is 2.20. The second kappa shape index (κ2) is 5.52. The molecule has 0 aliphatic heterocycles. The highest BCUT2D eigenvalue weighted by molar-refractivity contribution is 5.95. The lowest BCUT2D eigenvalue weighted by Crippen LogP contribution is -2.29. The third-order valence-corrected chi connectivity index (χ3v) is 3.22. The zero-order valence-electron chi connectivity index (χ0n) is 11.1. The van der Waals surface area contributed by atoms with Crippen molar-refractivity contribution in [1.29, 1.82) is 0 Å². The molecular formula is C15H17N3O. The van der Waals surface area contributed by atoms with E-state index in [9.17, 15) is 4.79 Å². The summed E-state index contributed by atoms with van der Waals surface area (Å²) >= 11 is 0. The molecule has 0 fully saturated rings. The molecule has 1 heterocycles. The average Bonchev–Trinajstić information content (AvgIpc) is 2.46. The minimum Gasteiger partial charge on any atom is -0.399 e. The second-order valence-electron chi connectivity index (χ2n) is 4.50. The normalized spacial score (nSPS) is 11.9. The van der Waals surface area contributed by atoms with E-state index < -0.39 is 0 Å². The van der Waals surface area contributed by atoms with Gasteiger partial charge in [0, 0.05) is 30.7 Å². The highest BCUT2D eigenvalue weighted by Gasteiger charge is 2.18. The lowest BCUT2D eigenvalue weighted by atomic mass is 10.1. The molecule has 0 spiro atoms. The highest BCUT2D eigenvalue weighted by atomic mass is 16.2. The number of pyridine rings is 1. The summed E-state index contributed by atoms with van der Waals surface area (Å²) in [5, 5.41) is 0. The van der Waals surface area contributed by atoms with Crippen LogP contribution in [0.25, 0.3) is 0 Å². The Morgan fingerprint density at radius 1 is 1.26 bits per heavy atom. The molecule has 2 N–H and O–H groups in total. The molecule has 1 aromatic carbocycles. The number of anilines is 1. The Morgan fingerprint density at radius 3 is 2.58 bits per heavy atom. The topological polar surface area (TPSA) is 59.2 Å². The summed E-state index contributed by atoms with van der Waals surface area (Å²) in [7, 11) is 1.79. The van der Waals surface area contributed by atoms with Crippen LogP contribution in [0.2, 0.25) is 0 Å². The zero-order chi connectivity index (χ0) is 13.8. The molecular weight excluding hydrogens is 238 g/mol. The van der Waals surface area contributed by atoms with Gasteiger partial charge in [0.1, 0.15) is 0 Å². The summed E-state index contributed by atoms with van der Waals surface area (Å²) in [6, 6.07) is 10.8. The fourth-order valence-electron chi connectivity index (χ4n) is 1.92. The molecule has 0 radical (unpaired) electrons. The summed E-state index contributed by atoms with van der Waals surface area (Å²) in [5.74, 6) is -0.0448. The van der Waals surface area contributed by atoms with Crippen molar-refractivity contribution in [3.05, 3.63) is 59.9 Å². The van der Waals surface area contributed by atoms with Crippen LogP contribution >= 0.6 is 0 Å². The molecule has 1 amide bonds. The molecule has 98 valence electrons. The molecule has 0 aliphatic rings. The van der Waals surface area contributed by atoms with Gasteiger partial charge in [-0.3, -0.25) is 9.78 Å². The van der Waals surface area contributed by atoms with Gasteiger partial charge < -0.3 is 10.6 Å². The maximum absolute atomic E-state index is 12.4. The predicted molar refractivity (Wildman–Crippen MR) is 75.6 cm³/mol. The zero-order valence-corrected chi connectivity index (χ0v) is 11.1. The van der Waals surface area contributed by atoms with Crippen molar-refractivity contribution >= 4 is 11.6 Å². The summed E-state index contributed by atoms with van der Waals surface area (Å²) in [4.78, 5) is 18.0. The van der Waals surface area contributed by atoms with Crippen LogP contribution in [0.3, 0.4) is 0 Å². The van der Waals surface area contributed by atoms with Crippen LogP contribution in [-0.2, 0) is 0 Å². The Bertz CT molecular complexity index is 569. The van der Waals surface area contributed by atoms with Gasteiger partial charge in [-0.15, -0.1) is 0 Å². The van der Waals surface area contributed by atoms with Crippen molar-refractivity contribution in [3.63, 3.8) is 0 Å². The van der Waals surface area contributed by atoms with Crippen molar-refractivity contribution in [3.8, 4) is 0 Å². The molecule has 0 saturated heterocycles. The summed E-state index contributed by atoms with van der Waals surface area (Å²) < 4.78 is 0. The average molecular weight is 255 g/mol. The molecule has 4 nitrogen and oxygen atoms in total. The minimum atomic E-state index is -0.0448. The van der Waals surface area contributed by atoms with Crippen LogP contribution in [0.1, 0.15) is 28.9 Å². The monoisotopic (exact) mass is 255 g/mol. The van der Waals surface area contributed by atoms with Gasteiger partial charge in [0.15, 0.2) is 0 Å². The van der Waals surface area contributed by atoms with Gasteiger partial charge >= 0.3 is 0 Å². The number of rotatable bonds is 3. The van der Waals surface area contributed by atoms with Gasteiger partial charge in [-0.25, -0.2) is 0 Å². The number of hydrogen-bond acceptors (Lipinski definition) is 3. The van der Waals surface area contributed by atoms with E-state index in [4.69, 9.17) is 5.73 Å². The van der Waals surface area contributed by atoms with E-state index in [0.29, 0.717) is 11.3 Å². The first-order valence-corrected chi connectivity index (χ1v) is 6.12. The molecule has 1 atom stereocenters. The van der Waals surface area contributed by atoms with Gasteiger partial charge in [0.2, 0.25) is 0 Å². The molecule has 0 bridgehead atoms. The first-order valence-electron chi connectivity index (χ1n) is 6.12. The van der Waals surface area contributed by atoms with Crippen molar-refractivity contribution in [1.82, 2.24) is 9.88 Å². The van der Waals surface area contributed by atoms with Crippen LogP contribution in [0.5, 0.6) is 0 Å². The molecule has 0 aliphatic carbocycles. The molecule has 2 rings (SSSR count). The third-order valence-electron chi connectivity index (χ3n) is 3.22. The molecule has 1 unspecified atom stereocenters. The van der Waals surface area contributed by atoms with Crippen LogP contribution in [-0.4, -0.2) is 22.8 Å². The highest BCUT2D eigenvalue weighted by Crippen LogP contribution is 2.20. The van der Waals surface area contributed by atoms with Gasteiger partial charge in [-0.1, -0.05) is 6.07 Å². The van der Waals surface area contributed by atoms with E-state index in [1.54, 1.807) is 48.6 Å². The van der Waals surface area contributed by atoms with Crippen LogP contribution < -0.4 is 5.73 Å². The van der Waals surface area contributed by atoms with Gasteiger partial charge in [-0.05, 0) is 42.8 Å². The number of hydrogen-bond donors (Lipinski definition) is 1. The number of carbonyl (C=O) groups excluding carboxylic acids is 1. The second-order valence-corrected chi connectivity index (χ2v) is 4.50. The lowest BCUT2D eigenvalue weighted by Gasteiger charge is -2.25. The molecule has 4 heteroatoms. The molecule has 0 saturated carbocycles. The van der Waals surface area contributed by atoms with E-state index >= 15 is 0 Å². The number of nitrogens with zero attached hydrogens (tertiary/aromatic N) is 2. The first kappa shape index (κ1) is 13.1. The SMILES string of the molecule is CC(c1ccncc1)N(C)C(=O)c1cccc(N)c1. The molecule has 2 aromatic rings. The van der Waals surface area contributed by atoms with Crippen molar-refractivity contribution < 1.29 is 4.79 Å². The van der Waals surface area contributed by atoms with Crippen molar-refractivity contribution in [2.75, 3.05) is 12.8 Å². The fourth-order valence-corrected chi connectivity index (χ4v) is 1.92. The largest absolute Gasteiger partial charge is 0.399 e. The van der Waals surface area contributed by atoms with Gasteiger partial charge in [0.25, 0.3) is 5.91 Å². The van der Waals surface area contributed by atoms with E-state index in [0.717, 1.165) is 5.56 Å². The maximum atomic E-state index is 12.4. The number of nitrogen functional groups attached to an aromatic ring is 1. The number of nitrogens with two attached hydrogens (primary N) is 1. The quantitative estimate of drug-likeness (QED) is 0.857. The Hall–Kier alpha value is -2.36.